The lowest BCUT2D eigenvalue weighted by atomic mass is 10.2. The Kier molecular flexibility index (Phi) is 5.14. The number of aliphatic hydroxyl groups excluding tert-OH is 1. The number of aliphatic imine (C=N–C) groups is 1. The van der Waals surface area contributed by atoms with E-state index in [0.717, 1.165) is 11.3 Å². The molecule has 0 amide bonds. The third-order valence-corrected chi connectivity index (χ3v) is 2.54. The van der Waals surface area contributed by atoms with E-state index in [1.54, 1.807) is 6.21 Å². The first kappa shape index (κ1) is 13.3. The Morgan fingerprint density at radius 2 is 1.63 bits per heavy atom. The minimum Gasteiger partial charge on any atom is -0.491 e. The van der Waals surface area contributed by atoms with Gasteiger partial charge in [-0.05, 0) is 17.7 Å². The number of para-hydroxylation sites is 1. The summed E-state index contributed by atoms with van der Waals surface area (Å²) in [5, 5.41) is 9.75. The number of nitrogens with zero attached hydrogens (tertiary/aromatic N) is 1. The topological polar surface area (TPSA) is 41.8 Å². The standard InChI is InChI=1S/C16H17NO2/c18-15(13-19-16-9-5-2-6-10-16)12-17-11-14-7-3-1-4-8-14/h1-11,15,18H,12-13H2. The van der Waals surface area contributed by atoms with Gasteiger partial charge in [0.2, 0.25) is 0 Å². The molecule has 98 valence electrons. The van der Waals surface area contributed by atoms with Gasteiger partial charge in [0.05, 0.1) is 6.54 Å². The van der Waals surface area contributed by atoms with Crippen molar-refractivity contribution in [3.05, 3.63) is 66.2 Å². The molecule has 0 aliphatic rings. The quantitative estimate of drug-likeness (QED) is 0.806. The maximum Gasteiger partial charge on any atom is 0.119 e. The van der Waals surface area contributed by atoms with Gasteiger partial charge in [-0.2, -0.15) is 0 Å². The van der Waals surface area contributed by atoms with Gasteiger partial charge in [0, 0.05) is 6.21 Å². The van der Waals surface area contributed by atoms with E-state index in [1.807, 2.05) is 60.7 Å². The van der Waals surface area contributed by atoms with Gasteiger partial charge >= 0.3 is 0 Å². The second-order valence-corrected chi connectivity index (χ2v) is 4.18. The highest BCUT2D eigenvalue weighted by Gasteiger charge is 2.03. The van der Waals surface area contributed by atoms with Crippen LogP contribution in [0.1, 0.15) is 5.56 Å². The highest BCUT2D eigenvalue weighted by atomic mass is 16.5. The first-order valence-corrected chi connectivity index (χ1v) is 6.25. The van der Waals surface area contributed by atoms with Crippen molar-refractivity contribution in [2.24, 2.45) is 4.99 Å². The van der Waals surface area contributed by atoms with Gasteiger partial charge in [0.25, 0.3) is 0 Å². The van der Waals surface area contributed by atoms with Crippen LogP contribution in [-0.2, 0) is 0 Å². The van der Waals surface area contributed by atoms with E-state index in [9.17, 15) is 5.11 Å². The molecule has 0 heterocycles. The Balaban J connectivity index is 1.73. The van der Waals surface area contributed by atoms with Crippen molar-refractivity contribution in [2.75, 3.05) is 13.2 Å². The molecular formula is C16H17NO2. The lowest BCUT2D eigenvalue weighted by Gasteiger charge is -2.09. The van der Waals surface area contributed by atoms with Crippen molar-refractivity contribution in [1.29, 1.82) is 0 Å². The van der Waals surface area contributed by atoms with E-state index in [0.29, 0.717) is 6.54 Å². The van der Waals surface area contributed by atoms with Crippen LogP contribution in [0.2, 0.25) is 0 Å². The predicted molar refractivity (Wildman–Crippen MR) is 76.8 cm³/mol. The molecule has 0 bridgehead atoms. The Morgan fingerprint density at radius 1 is 1.00 bits per heavy atom. The minimum absolute atomic E-state index is 0.246. The summed E-state index contributed by atoms with van der Waals surface area (Å²) in [6.45, 7) is 0.581. The van der Waals surface area contributed by atoms with Crippen LogP contribution < -0.4 is 4.74 Å². The summed E-state index contributed by atoms with van der Waals surface area (Å²) >= 11 is 0. The first-order valence-electron chi connectivity index (χ1n) is 6.25. The average Bonchev–Trinajstić information content (AvgIpc) is 2.47. The fourth-order valence-electron chi connectivity index (χ4n) is 1.58. The summed E-state index contributed by atoms with van der Waals surface area (Å²) in [6.07, 6.45) is 1.16. The maximum atomic E-state index is 9.75. The Hall–Kier alpha value is -2.13. The predicted octanol–water partition coefficient (Wildman–Crippen LogP) is 2.55. The lowest BCUT2D eigenvalue weighted by Crippen LogP contribution is -2.20. The second kappa shape index (κ2) is 7.34. The molecule has 0 fully saturated rings. The van der Waals surface area contributed by atoms with Crippen LogP contribution in [0.5, 0.6) is 5.75 Å². The number of rotatable bonds is 6. The molecule has 3 nitrogen and oxygen atoms in total. The van der Waals surface area contributed by atoms with Gasteiger partial charge in [-0.15, -0.1) is 0 Å². The zero-order chi connectivity index (χ0) is 13.3. The van der Waals surface area contributed by atoms with E-state index in [2.05, 4.69) is 4.99 Å². The maximum absolute atomic E-state index is 9.75. The fourth-order valence-corrected chi connectivity index (χ4v) is 1.58. The second-order valence-electron chi connectivity index (χ2n) is 4.18. The summed E-state index contributed by atoms with van der Waals surface area (Å²) in [5.41, 5.74) is 1.03. The SMILES string of the molecule is OC(CN=Cc1ccccc1)COc1ccccc1. The molecule has 0 aromatic heterocycles. The highest BCUT2D eigenvalue weighted by Crippen LogP contribution is 2.08. The van der Waals surface area contributed by atoms with Gasteiger partial charge in [0.15, 0.2) is 0 Å². The summed E-state index contributed by atoms with van der Waals surface area (Å²) in [7, 11) is 0. The van der Waals surface area contributed by atoms with Crippen molar-refractivity contribution >= 4 is 6.21 Å². The van der Waals surface area contributed by atoms with Crippen molar-refractivity contribution in [3.63, 3.8) is 0 Å². The van der Waals surface area contributed by atoms with E-state index in [1.165, 1.54) is 0 Å². The Morgan fingerprint density at radius 3 is 2.32 bits per heavy atom. The summed E-state index contributed by atoms with van der Waals surface area (Å²) in [6, 6.07) is 19.2. The lowest BCUT2D eigenvalue weighted by molar-refractivity contribution is 0.114. The zero-order valence-corrected chi connectivity index (χ0v) is 10.6. The molecule has 2 aromatic carbocycles. The normalized spacial score (nSPS) is 12.5. The molecule has 1 N–H and O–H groups in total. The van der Waals surface area contributed by atoms with Crippen molar-refractivity contribution in [2.45, 2.75) is 6.10 Å². The van der Waals surface area contributed by atoms with E-state index >= 15 is 0 Å². The third-order valence-electron chi connectivity index (χ3n) is 2.54. The van der Waals surface area contributed by atoms with Crippen LogP contribution in [0, 0.1) is 0 Å². The molecule has 0 saturated carbocycles. The van der Waals surface area contributed by atoms with Gasteiger partial charge < -0.3 is 9.84 Å². The summed E-state index contributed by atoms with van der Waals surface area (Å²) in [4.78, 5) is 4.20. The van der Waals surface area contributed by atoms with Crippen LogP contribution in [0.4, 0.5) is 0 Å². The molecule has 0 radical (unpaired) electrons. The van der Waals surface area contributed by atoms with E-state index in [4.69, 9.17) is 4.74 Å². The van der Waals surface area contributed by atoms with Crippen molar-refractivity contribution < 1.29 is 9.84 Å². The van der Waals surface area contributed by atoms with Crippen molar-refractivity contribution in [3.8, 4) is 5.75 Å². The Labute approximate surface area is 113 Å². The molecule has 0 aliphatic carbocycles. The number of hydrogen-bond donors (Lipinski definition) is 1. The molecule has 19 heavy (non-hydrogen) atoms. The molecule has 2 aromatic rings. The van der Waals surface area contributed by atoms with Gasteiger partial charge in [0.1, 0.15) is 18.5 Å². The summed E-state index contributed by atoms with van der Waals surface area (Å²) in [5.74, 6) is 0.758. The average molecular weight is 255 g/mol. The monoisotopic (exact) mass is 255 g/mol. The number of ether oxygens (including phenoxy) is 1. The summed E-state index contributed by atoms with van der Waals surface area (Å²) < 4.78 is 5.45. The molecule has 3 heteroatoms. The van der Waals surface area contributed by atoms with Gasteiger partial charge in [-0.1, -0.05) is 48.5 Å². The Bertz CT molecular complexity index is 497. The van der Waals surface area contributed by atoms with Gasteiger partial charge in [-0.25, -0.2) is 0 Å². The van der Waals surface area contributed by atoms with Crippen molar-refractivity contribution in [1.82, 2.24) is 0 Å². The minimum atomic E-state index is -0.597. The first-order chi connectivity index (χ1) is 9.34. The van der Waals surface area contributed by atoms with Gasteiger partial charge in [-0.3, -0.25) is 4.99 Å². The number of hydrogen-bond acceptors (Lipinski definition) is 3. The number of aliphatic hydroxyl groups is 1. The van der Waals surface area contributed by atoms with Crippen LogP contribution in [0.3, 0.4) is 0 Å². The smallest absolute Gasteiger partial charge is 0.119 e. The molecule has 1 atom stereocenters. The molecule has 1 unspecified atom stereocenters. The molecular weight excluding hydrogens is 238 g/mol. The van der Waals surface area contributed by atoms with E-state index < -0.39 is 6.10 Å². The van der Waals surface area contributed by atoms with Crippen LogP contribution in [0.15, 0.2) is 65.7 Å². The van der Waals surface area contributed by atoms with E-state index in [-0.39, 0.29) is 6.61 Å². The molecule has 2 rings (SSSR count). The van der Waals surface area contributed by atoms with Crippen LogP contribution in [-0.4, -0.2) is 30.6 Å². The number of benzene rings is 2. The van der Waals surface area contributed by atoms with Crippen LogP contribution >= 0.6 is 0 Å². The molecule has 0 saturated heterocycles. The zero-order valence-electron chi connectivity index (χ0n) is 10.6. The molecule has 0 spiro atoms. The fraction of sp³-hybridized carbons (Fsp3) is 0.188. The highest BCUT2D eigenvalue weighted by molar-refractivity contribution is 5.79. The molecule has 0 aliphatic heterocycles. The van der Waals surface area contributed by atoms with Crippen LogP contribution in [0.25, 0.3) is 0 Å². The third kappa shape index (κ3) is 4.94. The largest absolute Gasteiger partial charge is 0.491 e.